The van der Waals surface area contributed by atoms with E-state index in [-0.39, 0.29) is 19.4 Å². The summed E-state index contributed by atoms with van der Waals surface area (Å²) in [6, 6.07) is 17.9. The number of halogens is 4. The molecule has 0 spiro atoms. The Kier molecular flexibility index (Phi) is 7.47. The van der Waals surface area contributed by atoms with Gasteiger partial charge >= 0.3 is 7.25 Å². The van der Waals surface area contributed by atoms with Crippen LogP contribution in [0.1, 0.15) is 52.7 Å². The van der Waals surface area contributed by atoms with Crippen LogP contribution in [-0.2, 0) is 10.8 Å². The average molecular weight is 386 g/mol. The minimum Gasteiger partial charge on any atom is -0.418 e. The van der Waals surface area contributed by atoms with E-state index in [1.165, 1.54) is 21.7 Å². The molecular weight excluding hydrogens is 358 g/mol. The standard InChI is InChI=1S/C20H27P.BF4/c1-19(2,3)15-11-7-9-13-17(15)21-18-14-10-8-12-16(18)20(4,5)6;2-1(3,4)5/h7-14,21H,1-6H3;/q;-1/p+1. The summed E-state index contributed by atoms with van der Waals surface area (Å²) in [7, 11) is -5.87. The topological polar surface area (TPSA) is 0 Å². The molecule has 0 heterocycles. The van der Waals surface area contributed by atoms with Gasteiger partial charge in [-0.25, -0.2) is 0 Å². The van der Waals surface area contributed by atoms with Gasteiger partial charge in [0.15, 0.2) is 0 Å². The van der Waals surface area contributed by atoms with Crippen molar-refractivity contribution in [2.45, 2.75) is 52.4 Å². The van der Waals surface area contributed by atoms with Gasteiger partial charge in [-0.05, 0) is 34.1 Å². The average Bonchev–Trinajstić information content (AvgIpc) is 2.44. The maximum atomic E-state index is 9.75. The van der Waals surface area contributed by atoms with Crippen molar-refractivity contribution in [2.24, 2.45) is 0 Å². The van der Waals surface area contributed by atoms with Crippen LogP contribution >= 0.6 is 8.58 Å². The van der Waals surface area contributed by atoms with Gasteiger partial charge < -0.3 is 17.3 Å². The first-order valence-electron chi connectivity index (χ1n) is 8.60. The van der Waals surface area contributed by atoms with Crippen LogP contribution in [0.4, 0.5) is 17.3 Å². The Morgan fingerprint density at radius 2 is 0.885 bits per heavy atom. The molecule has 0 aliphatic heterocycles. The van der Waals surface area contributed by atoms with Crippen LogP contribution in [0.15, 0.2) is 48.5 Å². The molecule has 0 saturated carbocycles. The highest BCUT2D eigenvalue weighted by atomic mass is 31.1. The lowest BCUT2D eigenvalue weighted by molar-refractivity contribution is 0.368. The Morgan fingerprint density at radius 3 is 1.15 bits per heavy atom. The van der Waals surface area contributed by atoms with Crippen molar-refractivity contribution in [2.75, 3.05) is 0 Å². The molecule has 0 amide bonds. The van der Waals surface area contributed by atoms with E-state index in [0.29, 0.717) is 0 Å². The van der Waals surface area contributed by atoms with Crippen molar-refractivity contribution in [3.8, 4) is 0 Å². The predicted molar refractivity (Wildman–Crippen MR) is 109 cm³/mol. The first-order valence-corrected chi connectivity index (χ1v) is 9.76. The quantitative estimate of drug-likeness (QED) is 0.340. The van der Waals surface area contributed by atoms with E-state index in [1.807, 2.05) is 0 Å². The van der Waals surface area contributed by atoms with Crippen molar-refractivity contribution >= 4 is 26.4 Å². The largest absolute Gasteiger partial charge is 0.673 e. The highest BCUT2D eigenvalue weighted by Crippen LogP contribution is 2.29. The Morgan fingerprint density at radius 1 is 0.615 bits per heavy atom. The molecule has 0 atom stereocenters. The van der Waals surface area contributed by atoms with Gasteiger partial charge in [-0.15, -0.1) is 0 Å². The van der Waals surface area contributed by atoms with Crippen LogP contribution in [0, 0.1) is 0 Å². The Labute approximate surface area is 156 Å². The second-order valence-electron chi connectivity index (χ2n) is 8.31. The molecule has 0 radical (unpaired) electrons. The molecule has 6 heteroatoms. The number of benzene rings is 2. The van der Waals surface area contributed by atoms with E-state index in [9.17, 15) is 17.3 Å². The molecule has 0 saturated heterocycles. The van der Waals surface area contributed by atoms with E-state index in [0.717, 1.165) is 0 Å². The molecule has 0 fully saturated rings. The molecule has 0 unspecified atom stereocenters. The summed E-state index contributed by atoms with van der Waals surface area (Å²) < 4.78 is 39.0. The van der Waals surface area contributed by atoms with E-state index < -0.39 is 7.25 Å². The molecular formula is C20H28BF4P. The predicted octanol–water partition coefficient (Wildman–Crippen LogP) is 5.94. The molecule has 0 bridgehead atoms. The second kappa shape index (κ2) is 8.56. The van der Waals surface area contributed by atoms with Gasteiger partial charge in [-0.3, -0.25) is 0 Å². The summed E-state index contributed by atoms with van der Waals surface area (Å²) in [5, 5.41) is 3.06. The zero-order valence-electron chi connectivity index (χ0n) is 16.3. The molecule has 144 valence electrons. The first-order chi connectivity index (χ1) is 11.7. The van der Waals surface area contributed by atoms with Gasteiger partial charge in [-0.2, -0.15) is 0 Å². The molecule has 0 nitrogen and oxygen atoms in total. The maximum absolute atomic E-state index is 9.75. The molecule has 0 aliphatic carbocycles. The van der Waals surface area contributed by atoms with Gasteiger partial charge in [0.1, 0.15) is 0 Å². The fraction of sp³-hybridized carbons (Fsp3) is 0.400. The van der Waals surface area contributed by atoms with Crippen molar-refractivity contribution < 1.29 is 17.3 Å². The Hall–Kier alpha value is -1.35. The van der Waals surface area contributed by atoms with Gasteiger partial charge in [0.25, 0.3) is 0 Å². The smallest absolute Gasteiger partial charge is 0.418 e. The van der Waals surface area contributed by atoms with E-state index in [1.54, 1.807) is 0 Å². The third-order valence-corrected chi connectivity index (χ3v) is 5.48. The van der Waals surface area contributed by atoms with Crippen molar-refractivity contribution in [3.05, 3.63) is 59.7 Å². The molecule has 26 heavy (non-hydrogen) atoms. The van der Waals surface area contributed by atoms with Crippen molar-refractivity contribution in [1.29, 1.82) is 0 Å². The number of rotatable bonds is 2. The SMILES string of the molecule is CC(C)(C)c1ccccc1[PH2+]c1ccccc1C(C)(C)C.F[B-](F)(F)F. The third-order valence-electron chi connectivity index (χ3n) is 3.85. The highest BCUT2D eigenvalue weighted by molar-refractivity contribution is 7.55. The zero-order chi connectivity index (χ0) is 20.2. The summed E-state index contributed by atoms with van der Waals surface area (Å²) in [6.45, 7) is 13.8. The number of hydrogen-bond acceptors (Lipinski definition) is 0. The van der Waals surface area contributed by atoms with Crippen LogP contribution in [-0.4, -0.2) is 7.25 Å². The molecule has 0 aliphatic rings. The van der Waals surface area contributed by atoms with Crippen LogP contribution < -0.4 is 10.6 Å². The van der Waals surface area contributed by atoms with E-state index in [2.05, 4.69) is 90.1 Å². The Bertz CT molecular complexity index is 651. The van der Waals surface area contributed by atoms with Gasteiger partial charge in [-0.1, -0.05) is 77.9 Å². The zero-order valence-corrected chi connectivity index (χ0v) is 17.4. The lowest BCUT2D eigenvalue weighted by atomic mass is 9.87. The lowest BCUT2D eigenvalue weighted by Crippen LogP contribution is -2.24. The third kappa shape index (κ3) is 7.91. The molecule has 2 aromatic rings. The van der Waals surface area contributed by atoms with Crippen LogP contribution in [0.5, 0.6) is 0 Å². The van der Waals surface area contributed by atoms with E-state index >= 15 is 0 Å². The van der Waals surface area contributed by atoms with Gasteiger partial charge in [0, 0.05) is 0 Å². The highest BCUT2D eigenvalue weighted by Gasteiger charge is 2.25. The number of hydrogen-bond donors (Lipinski definition) is 0. The van der Waals surface area contributed by atoms with Crippen molar-refractivity contribution in [1.82, 2.24) is 0 Å². The summed E-state index contributed by atoms with van der Waals surface area (Å²) in [5.41, 5.74) is 3.40. The molecule has 2 aromatic carbocycles. The van der Waals surface area contributed by atoms with E-state index in [4.69, 9.17) is 0 Å². The second-order valence-corrected chi connectivity index (χ2v) is 9.85. The van der Waals surface area contributed by atoms with Crippen LogP contribution in [0.2, 0.25) is 0 Å². The molecule has 0 N–H and O–H groups in total. The minimum absolute atomic E-state index is 0.135. The van der Waals surface area contributed by atoms with Gasteiger partial charge in [0.05, 0.1) is 19.2 Å². The van der Waals surface area contributed by atoms with Crippen LogP contribution in [0.25, 0.3) is 0 Å². The van der Waals surface area contributed by atoms with Gasteiger partial charge in [0.2, 0.25) is 0 Å². The van der Waals surface area contributed by atoms with Crippen LogP contribution in [0.3, 0.4) is 0 Å². The molecule has 2 rings (SSSR count). The first kappa shape index (κ1) is 22.7. The van der Waals surface area contributed by atoms with Crippen molar-refractivity contribution in [3.63, 3.8) is 0 Å². The fourth-order valence-electron chi connectivity index (χ4n) is 2.78. The fourth-order valence-corrected chi connectivity index (χ4v) is 4.90. The normalized spacial score (nSPS) is 12.4. The Balaban J connectivity index is 0.000000597. The minimum atomic E-state index is -6.00. The maximum Gasteiger partial charge on any atom is 0.673 e. The monoisotopic (exact) mass is 386 g/mol. The molecule has 0 aromatic heterocycles. The summed E-state index contributed by atoms with van der Waals surface area (Å²) in [4.78, 5) is 0. The lowest BCUT2D eigenvalue weighted by Gasteiger charge is -2.22. The summed E-state index contributed by atoms with van der Waals surface area (Å²) in [6.07, 6.45) is 0. The summed E-state index contributed by atoms with van der Waals surface area (Å²) in [5.74, 6) is 0. The summed E-state index contributed by atoms with van der Waals surface area (Å²) >= 11 is 0.